The van der Waals surface area contributed by atoms with Crippen molar-refractivity contribution in [2.45, 2.75) is 31.9 Å². The first-order chi connectivity index (χ1) is 15.9. The molecule has 1 amide bonds. The zero-order chi connectivity index (χ0) is 23.4. The third-order valence-corrected chi connectivity index (χ3v) is 6.00. The van der Waals surface area contributed by atoms with Gasteiger partial charge in [0.05, 0.1) is 5.52 Å². The molecular weight excluding hydrogens is 469 g/mol. The third-order valence-electron chi connectivity index (χ3n) is 5.57. The minimum Gasteiger partial charge on any atom is -0.446 e. The molecule has 4 rings (SSSR count). The molecule has 1 aliphatic rings. The highest BCUT2D eigenvalue weighted by molar-refractivity contribution is 6.34. The van der Waals surface area contributed by atoms with Crippen LogP contribution in [0.2, 0.25) is 10.0 Å². The van der Waals surface area contributed by atoms with Crippen molar-refractivity contribution in [1.82, 2.24) is 15.2 Å². The van der Waals surface area contributed by atoms with Gasteiger partial charge in [-0.15, -0.1) is 0 Å². The first-order valence-corrected chi connectivity index (χ1v) is 11.4. The zero-order valence-electron chi connectivity index (χ0n) is 17.7. The number of Topliss-reactive ketones (excluding diaryl/α,β-unsaturated/α-hetero) is 1. The number of amides is 1. The summed E-state index contributed by atoms with van der Waals surface area (Å²) in [7, 11) is 0. The lowest BCUT2D eigenvalue weighted by Crippen LogP contribution is -2.40. The Morgan fingerprint density at radius 3 is 2.58 bits per heavy atom. The van der Waals surface area contributed by atoms with Gasteiger partial charge in [0.2, 0.25) is 0 Å². The summed E-state index contributed by atoms with van der Waals surface area (Å²) in [5.41, 5.74) is 2.25. The van der Waals surface area contributed by atoms with E-state index in [4.69, 9.17) is 32.4 Å². The largest absolute Gasteiger partial charge is 0.446 e. The Morgan fingerprint density at radius 2 is 1.85 bits per heavy atom. The lowest BCUT2D eigenvalue weighted by Gasteiger charge is -2.31. The fraction of sp³-hybridized carbons (Fsp3) is 0.348. The van der Waals surface area contributed by atoms with E-state index < -0.39 is 11.8 Å². The van der Waals surface area contributed by atoms with Crippen molar-refractivity contribution in [2.24, 2.45) is 0 Å². The fourth-order valence-corrected chi connectivity index (χ4v) is 4.43. The van der Waals surface area contributed by atoms with E-state index >= 15 is 0 Å². The van der Waals surface area contributed by atoms with Gasteiger partial charge in [0.15, 0.2) is 11.4 Å². The van der Waals surface area contributed by atoms with E-state index in [-0.39, 0.29) is 18.4 Å². The summed E-state index contributed by atoms with van der Waals surface area (Å²) < 4.78 is 10.5. The van der Waals surface area contributed by atoms with Crippen molar-refractivity contribution in [3.05, 3.63) is 68.1 Å². The second-order valence-electron chi connectivity index (χ2n) is 7.98. The minimum atomic E-state index is -0.540. The first kappa shape index (κ1) is 23.4. The van der Waals surface area contributed by atoms with Gasteiger partial charge in [0, 0.05) is 48.2 Å². The maximum absolute atomic E-state index is 12.5. The number of ketones is 1. The van der Waals surface area contributed by atoms with Gasteiger partial charge in [-0.3, -0.25) is 9.78 Å². The quantitative estimate of drug-likeness (QED) is 0.474. The normalized spacial score (nSPS) is 15.0. The Labute approximate surface area is 199 Å². The van der Waals surface area contributed by atoms with Crippen molar-refractivity contribution < 1.29 is 18.7 Å². The van der Waals surface area contributed by atoms with Crippen molar-refractivity contribution >= 4 is 46.2 Å². The topological polar surface area (TPSA) is 105 Å². The molecule has 174 valence electrons. The number of rotatable bonds is 7. The molecule has 1 aliphatic heterocycles. The Bertz CT molecular complexity index is 1190. The fourth-order valence-electron chi connectivity index (χ4n) is 3.85. The molecule has 0 bridgehead atoms. The minimum absolute atomic E-state index is 0.0142. The predicted molar refractivity (Wildman–Crippen MR) is 125 cm³/mol. The second kappa shape index (κ2) is 10.4. The number of alkyl carbamates (subject to hydrolysis) is 1. The van der Waals surface area contributed by atoms with Gasteiger partial charge in [-0.2, -0.15) is 0 Å². The van der Waals surface area contributed by atoms with Crippen LogP contribution >= 0.6 is 23.2 Å². The molecule has 3 aromatic rings. The maximum Gasteiger partial charge on any atom is 0.417 e. The number of hydrogen-bond acceptors (Lipinski definition) is 6. The maximum atomic E-state index is 12.5. The molecule has 1 saturated heterocycles. The summed E-state index contributed by atoms with van der Waals surface area (Å²) in [6, 6.07) is 10.0. The van der Waals surface area contributed by atoms with Crippen LogP contribution in [0.1, 0.15) is 35.2 Å². The van der Waals surface area contributed by atoms with E-state index in [2.05, 4.69) is 15.2 Å². The Hall–Kier alpha value is -2.81. The summed E-state index contributed by atoms with van der Waals surface area (Å²) in [5.74, 6) is -0.554. The molecule has 0 saturated carbocycles. The van der Waals surface area contributed by atoms with Gasteiger partial charge in [-0.25, -0.2) is 9.59 Å². The van der Waals surface area contributed by atoms with Crippen molar-refractivity contribution in [2.75, 3.05) is 19.6 Å². The van der Waals surface area contributed by atoms with Crippen LogP contribution in [0.5, 0.6) is 0 Å². The van der Waals surface area contributed by atoms with E-state index in [9.17, 15) is 14.4 Å². The summed E-state index contributed by atoms with van der Waals surface area (Å²) >= 11 is 11.9. The highest BCUT2D eigenvalue weighted by Crippen LogP contribution is 2.20. The number of benzene rings is 2. The van der Waals surface area contributed by atoms with E-state index in [1.807, 2.05) is 0 Å². The van der Waals surface area contributed by atoms with Crippen LogP contribution in [0.3, 0.4) is 0 Å². The number of nitrogens with zero attached hydrogens (tertiary/aromatic N) is 1. The number of hydrogen-bond donors (Lipinski definition) is 2. The number of fused-ring (bicyclic) bond motifs is 1. The number of ether oxygens (including phenoxy) is 1. The number of carbonyl (C=O) groups excluding carboxylic acids is 2. The number of halogens is 2. The van der Waals surface area contributed by atoms with E-state index in [0.717, 1.165) is 18.7 Å². The number of aromatic nitrogens is 1. The Morgan fingerprint density at radius 1 is 1.12 bits per heavy atom. The van der Waals surface area contributed by atoms with Crippen LogP contribution in [0.25, 0.3) is 11.1 Å². The number of aromatic amines is 1. The predicted octanol–water partition coefficient (Wildman–Crippen LogP) is 4.39. The van der Waals surface area contributed by atoms with Gasteiger partial charge in [0.1, 0.15) is 6.10 Å². The highest BCUT2D eigenvalue weighted by Gasteiger charge is 2.23. The van der Waals surface area contributed by atoms with Gasteiger partial charge in [-0.05, 0) is 54.8 Å². The molecule has 33 heavy (non-hydrogen) atoms. The molecule has 1 aromatic heterocycles. The molecule has 0 spiro atoms. The summed E-state index contributed by atoms with van der Waals surface area (Å²) in [5, 5.41) is 3.74. The lowest BCUT2D eigenvalue weighted by atomic mass is 10.1. The smallest absolute Gasteiger partial charge is 0.417 e. The summed E-state index contributed by atoms with van der Waals surface area (Å²) in [4.78, 5) is 40.6. The molecule has 1 fully saturated rings. The van der Waals surface area contributed by atoms with Gasteiger partial charge in [0.25, 0.3) is 0 Å². The van der Waals surface area contributed by atoms with Crippen LogP contribution in [0.15, 0.2) is 45.6 Å². The van der Waals surface area contributed by atoms with Crippen LogP contribution in [0, 0.1) is 0 Å². The zero-order valence-corrected chi connectivity index (χ0v) is 19.2. The van der Waals surface area contributed by atoms with Crippen molar-refractivity contribution in [1.29, 1.82) is 0 Å². The molecule has 0 aliphatic carbocycles. The van der Waals surface area contributed by atoms with Gasteiger partial charge < -0.3 is 19.4 Å². The number of H-pyrrole nitrogens is 1. The van der Waals surface area contributed by atoms with Gasteiger partial charge >= 0.3 is 11.8 Å². The monoisotopic (exact) mass is 491 g/mol. The molecule has 2 aromatic carbocycles. The summed E-state index contributed by atoms with van der Waals surface area (Å²) in [6.07, 6.45) is 1.11. The molecule has 0 unspecified atom stereocenters. The van der Waals surface area contributed by atoms with Crippen molar-refractivity contribution in [3.8, 4) is 0 Å². The molecule has 0 radical (unpaired) electrons. The Kier molecular flexibility index (Phi) is 7.37. The molecule has 2 N–H and O–H groups in total. The third kappa shape index (κ3) is 6.37. The first-order valence-electron chi connectivity index (χ1n) is 10.6. The highest BCUT2D eigenvalue weighted by atomic mass is 35.5. The van der Waals surface area contributed by atoms with Gasteiger partial charge in [-0.1, -0.05) is 23.2 Å². The average Bonchev–Trinajstić information content (AvgIpc) is 3.15. The molecule has 2 heterocycles. The SMILES string of the molecule is O=C(NCc1cc(Cl)cc(Cl)c1)OC1CCN(CCC(=O)c2ccc3[nH]c(=O)oc3c2)CC1. The van der Waals surface area contributed by atoms with Crippen LogP contribution in [-0.4, -0.2) is 47.5 Å². The average molecular weight is 492 g/mol. The lowest BCUT2D eigenvalue weighted by molar-refractivity contribution is 0.0500. The van der Waals surface area contributed by atoms with Crippen LogP contribution in [0.4, 0.5) is 4.79 Å². The van der Waals surface area contributed by atoms with Crippen LogP contribution in [-0.2, 0) is 11.3 Å². The summed E-state index contributed by atoms with van der Waals surface area (Å²) in [6.45, 7) is 2.36. The number of nitrogens with one attached hydrogen (secondary N) is 2. The van der Waals surface area contributed by atoms with Crippen molar-refractivity contribution in [3.63, 3.8) is 0 Å². The molecule has 0 atom stereocenters. The molecular formula is C23H23Cl2N3O5. The number of piperidine rings is 1. The molecule has 8 nitrogen and oxygen atoms in total. The van der Waals surface area contributed by atoms with Crippen LogP contribution < -0.4 is 11.1 Å². The number of likely N-dealkylation sites (tertiary alicyclic amines) is 1. The number of oxazole rings is 1. The second-order valence-corrected chi connectivity index (χ2v) is 8.85. The standard InChI is InChI=1S/C23H23Cl2N3O5/c24-16-9-14(10-17(25)12-16)13-26-22(30)32-18-3-6-28(7-4-18)8-5-20(29)15-1-2-19-21(11-15)33-23(31)27-19/h1-2,9-12,18H,3-8,13H2,(H,26,30)(H,27,31). The van der Waals surface area contributed by atoms with E-state index in [1.54, 1.807) is 36.4 Å². The number of carbonyl (C=O) groups is 2. The van der Waals surface area contributed by atoms with E-state index in [1.165, 1.54) is 0 Å². The van der Waals surface area contributed by atoms with E-state index in [0.29, 0.717) is 52.5 Å². The molecule has 10 heteroatoms. The Balaban J connectivity index is 1.18.